The Bertz CT molecular complexity index is 547. The predicted molar refractivity (Wildman–Crippen MR) is 80.8 cm³/mol. The zero-order valence-electron chi connectivity index (χ0n) is 11.9. The predicted octanol–water partition coefficient (Wildman–Crippen LogP) is 3.17. The minimum Gasteiger partial charge on any atom is -0.212 e. The van der Waals surface area contributed by atoms with Crippen molar-refractivity contribution in [2.75, 3.05) is 13.1 Å². The number of nitrogens with zero attached hydrogens (tertiary/aromatic N) is 1. The Morgan fingerprint density at radius 1 is 1.00 bits per heavy atom. The fraction of sp³-hybridized carbons (Fsp3) is 0.625. The van der Waals surface area contributed by atoms with Gasteiger partial charge >= 0.3 is 0 Å². The first-order chi connectivity index (χ1) is 9.60. The van der Waals surface area contributed by atoms with Crippen molar-refractivity contribution in [3.05, 3.63) is 35.9 Å². The molecule has 0 bridgehead atoms. The lowest BCUT2D eigenvalue weighted by Gasteiger charge is -2.33. The number of hydrogen-bond acceptors (Lipinski definition) is 2. The quantitative estimate of drug-likeness (QED) is 0.858. The molecule has 1 aromatic rings. The van der Waals surface area contributed by atoms with Crippen LogP contribution in [0.15, 0.2) is 30.3 Å². The second-order valence-electron chi connectivity index (χ2n) is 6.39. The monoisotopic (exact) mass is 293 g/mol. The third kappa shape index (κ3) is 2.91. The van der Waals surface area contributed by atoms with Crippen molar-refractivity contribution in [1.29, 1.82) is 0 Å². The highest BCUT2D eigenvalue weighted by atomic mass is 32.2. The van der Waals surface area contributed by atoms with Crippen LogP contribution in [0, 0.1) is 5.41 Å². The topological polar surface area (TPSA) is 37.4 Å². The molecule has 2 aliphatic rings. The lowest BCUT2D eigenvalue weighted by molar-refractivity contribution is 0.205. The Hall–Kier alpha value is -0.870. The molecule has 0 aromatic heterocycles. The maximum Gasteiger partial charge on any atom is 0.218 e. The Morgan fingerprint density at radius 2 is 1.70 bits per heavy atom. The molecule has 1 spiro atoms. The Kier molecular flexibility index (Phi) is 3.87. The van der Waals surface area contributed by atoms with Crippen LogP contribution in [0.1, 0.15) is 44.1 Å². The van der Waals surface area contributed by atoms with Crippen LogP contribution in [0.5, 0.6) is 0 Å². The van der Waals surface area contributed by atoms with Gasteiger partial charge in [-0.3, -0.25) is 0 Å². The van der Waals surface area contributed by atoms with E-state index in [1.165, 1.54) is 32.1 Å². The largest absolute Gasteiger partial charge is 0.218 e. The highest BCUT2D eigenvalue weighted by Gasteiger charge is 2.42. The number of rotatable bonds is 3. The molecule has 3 nitrogen and oxygen atoms in total. The van der Waals surface area contributed by atoms with E-state index < -0.39 is 10.0 Å². The van der Waals surface area contributed by atoms with E-state index in [1.807, 2.05) is 30.3 Å². The molecule has 1 heterocycles. The van der Waals surface area contributed by atoms with Gasteiger partial charge in [0.25, 0.3) is 0 Å². The van der Waals surface area contributed by atoms with Crippen molar-refractivity contribution < 1.29 is 8.42 Å². The van der Waals surface area contributed by atoms with Gasteiger partial charge in [0.2, 0.25) is 10.0 Å². The molecule has 3 rings (SSSR count). The van der Waals surface area contributed by atoms with E-state index in [-0.39, 0.29) is 5.75 Å². The van der Waals surface area contributed by atoms with Crippen LogP contribution in [0.25, 0.3) is 0 Å². The van der Waals surface area contributed by atoms with Crippen molar-refractivity contribution in [2.45, 2.75) is 44.3 Å². The van der Waals surface area contributed by atoms with Crippen LogP contribution in [-0.4, -0.2) is 25.8 Å². The molecule has 1 saturated carbocycles. The maximum absolute atomic E-state index is 12.6. The van der Waals surface area contributed by atoms with Crippen molar-refractivity contribution >= 4 is 10.0 Å². The summed E-state index contributed by atoms with van der Waals surface area (Å²) in [4.78, 5) is 0. The van der Waals surface area contributed by atoms with E-state index >= 15 is 0 Å². The Balaban J connectivity index is 1.70. The molecule has 0 unspecified atom stereocenters. The van der Waals surface area contributed by atoms with Crippen molar-refractivity contribution in [3.8, 4) is 0 Å². The summed E-state index contributed by atoms with van der Waals surface area (Å²) in [6.45, 7) is 1.47. The number of sulfonamides is 1. The molecule has 0 N–H and O–H groups in total. The van der Waals surface area contributed by atoms with Gasteiger partial charge < -0.3 is 0 Å². The molecular weight excluding hydrogens is 270 g/mol. The Morgan fingerprint density at radius 3 is 2.40 bits per heavy atom. The van der Waals surface area contributed by atoms with Gasteiger partial charge in [-0.05, 0) is 30.2 Å². The average molecular weight is 293 g/mol. The molecule has 1 aromatic carbocycles. The van der Waals surface area contributed by atoms with Gasteiger partial charge in [-0.15, -0.1) is 0 Å². The molecule has 0 radical (unpaired) electrons. The van der Waals surface area contributed by atoms with E-state index in [4.69, 9.17) is 0 Å². The van der Waals surface area contributed by atoms with E-state index in [9.17, 15) is 8.42 Å². The van der Waals surface area contributed by atoms with Crippen LogP contribution >= 0.6 is 0 Å². The molecule has 1 aliphatic carbocycles. The zero-order valence-corrected chi connectivity index (χ0v) is 12.7. The summed E-state index contributed by atoms with van der Waals surface area (Å²) in [5.74, 6) is 0.143. The molecule has 1 aliphatic heterocycles. The second-order valence-corrected chi connectivity index (χ2v) is 8.35. The molecule has 20 heavy (non-hydrogen) atoms. The van der Waals surface area contributed by atoms with Gasteiger partial charge in [-0.2, -0.15) is 0 Å². The van der Waals surface area contributed by atoms with Gasteiger partial charge in [-0.25, -0.2) is 12.7 Å². The number of hydrogen-bond donors (Lipinski definition) is 0. The molecule has 0 amide bonds. The highest BCUT2D eigenvalue weighted by Crippen LogP contribution is 2.44. The molecule has 110 valence electrons. The van der Waals surface area contributed by atoms with Crippen LogP contribution in [0.4, 0.5) is 0 Å². The molecule has 4 heteroatoms. The lowest BCUT2D eigenvalue weighted by atomic mass is 9.74. The van der Waals surface area contributed by atoms with Crippen LogP contribution in [0.3, 0.4) is 0 Å². The van der Waals surface area contributed by atoms with Crippen LogP contribution < -0.4 is 0 Å². The molecule has 0 atom stereocenters. The molecule has 1 saturated heterocycles. The smallest absolute Gasteiger partial charge is 0.212 e. The summed E-state index contributed by atoms with van der Waals surface area (Å²) in [6.07, 6.45) is 7.34. The van der Waals surface area contributed by atoms with E-state index in [0.29, 0.717) is 5.41 Å². The van der Waals surface area contributed by atoms with E-state index in [1.54, 1.807) is 4.31 Å². The summed E-state index contributed by atoms with van der Waals surface area (Å²) >= 11 is 0. The van der Waals surface area contributed by atoms with Crippen molar-refractivity contribution in [3.63, 3.8) is 0 Å². The lowest BCUT2D eigenvalue weighted by Crippen LogP contribution is -2.34. The first-order valence-electron chi connectivity index (χ1n) is 7.62. The zero-order chi connectivity index (χ0) is 14.1. The minimum absolute atomic E-state index is 0.143. The third-order valence-electron chi connectivity index (χ3n) is 4.90. The molecule has 2 fully saturated rings. The SMILES string of the molecule is O=S(=O)(Cc1ccccc1)N1CCC2(CCCCC2)C1. The summed E-state index contributed by atoms with van der Waals surface area (Å²) < 4.78 is 26.8. The first-order valence-corrected chi connectivity index (χ1v) is 9.22. The summed E-state index contributed by atoms with van der Waals surface area (Å²) in [5, 5.41) is 0. The van der Waals surface area contributed by atoms with Crippen LogP contribution in [0.2, 0.25) is 0 Å². The average Bonchev–Trinajstić information content (AvgIpc) is 2.85. The van der Waals surface area contributed by atoms with Crippen LogP contribution in [-0.2, 0) is 15.8 Å². The summed E-state index contributed by atoms with van der Waals surface area (Å²) in [5.41, 5.74) is 1.18. The van der Waals surface area contributed by atoms with Gasteiger partial charge in [0.15, 0.2) is 0 Å². The first kappa shape index (κ1) is 14.1. The number of benzene rings is 1. The fourth-order valence-corrected chi connectivity index (χ4v) is 5.35. The molecular formula is C16H23NO2S. The van der Waals surface area contributed by atoms with Crippen molar-refractivity contribution in [2.24, 2.45) is 5.41 Å². The third-order valence-corrected chi connectivity index (χ3v) is 6.70. The highest BCUT2D eigenvalue weighted by molar-refractivity contribution is 7.88. The standard InChI is InChI=1S/C16H23NO2S/c18-20(19,13-15-7-3-1-4-8-15)17-12-11-16(14-17)9-5-2-6-10-16/h1,3-4,7-8H,2,5-6,9-14H2. The fourth-order valence-electron chi connectivity index (χ4n) is 3.72. The van der Waals surface area contributed by atoms with E-state index in [0.717, 1.165) is 25.1 Å². The van der Waals surface area contributed by atoms with Gasteiger partial charge in [0.1, 0.15) is 0 Å². The summed E-state index contributed by atoms with van der Waals surface area (Å²) in [6, 6.07) is 9.51. The van der Waals surface area contributed by atoms with E-state index in [2.05, 4.69) is 0 Å². The van der Waals surface area contributed by atoms with Gasteiger partial charge in [0, 0.05) is 13.1 Å². The summed E-state index contributed by atoms with van der Waals surface area (Å²) in [7, 11) is -3.16. The minimum atomic E-state index is -3.16. The Labute approximate surface area is 122 Å². The maximum atomic E-state index is 12.6. The normalized spacial score (nSPS) is 23.2. The van der Waals surface area contributed by atoms with Gasteiger partial charge in [-0.1, -0.05) is 49.6 Å². The van der Waals surface area contributed by atoms with Crippen molar-refractivity contribution in [1.82, 2.24) is 4.31 Å². The second kappa shape index (κ2) is 5.49. The van der Waals surface area contributed by atoms with Gasteiger partial charge in [0.05, 0.1) is 5.75 Å².